The molecule has 39 heavy (non-hydrogen) atoms. The van der Waals surface area contributed by atoms with Crippen molar-refractivity contribution in [2.75, 3.05) is 38.5 Å². The summed E-state index contributed by atoms with van der Waals surface area (Å²) in [5.41, 5.74) is 7.51. The minimum atomic E-state index is -0.273. The number of hydrogen-bond donors (Lipinski definition) is 1. The Morgan fingerprint density at radius 3 is 2.51 bits per heavy atom. The normalized spacial score (nSPS) is 15.6. The minimum absolute atomic E-state index is 0.0513. The summed E-state index contributed by atoms with van der Waals surface area (Å²) in [5.74, 6) is 1.53. The van der Waals surface area contributed by atoms with Crippen molar-refractivity contribution in [2.24, 2.45) is 0 Å². The number of likely N-dealkylation sites (N-methyl/N-ethyl adjacent to an activating group) is 1. The number of amides is 1. The Bertz CT molecular complexity index is 1520. The molecule has 0 saturated carbocycles. The fraction of sp³-hybridized carbons (Fsp3) is 0.310. The van der Waals surface area contributed by atoms with E-state index in [0.29, 0.717) is 42.1 Å². The van der Waals surface area contributed by atoms with Crippen LogP contribution in [-0.4, -0.2) is 67.5 Å². The second-order valence-corrected chi connectivity index (χ2v) is 9.44. The van der Waals surface area contributed by atoms with Crippen molar-refractivity contribution < 1.29 is 9.53 Å². The number of hydrogen-bond acceptors (Lipinski definition) is 7. The van der Waals surface area contributed by atoms with Crippen molar-refractivity contribution in [3.63, 3.8) is 0 Å². The first kappa shape index (κ1) is 26.2. The molecule has 1 saturated heterocycles. The number of carbonyl (C=O) groups excluding carboxylic acids is 1. The highest BCUT2D eigenvalue weighted by molar-refractivity contribution is 5.88. The number of aromatic nitrogens is 4. The number of ether oxygens (including phenoxy) is 1. The molecule has 1 fully saturated rings. The standard InChI is InChI=1S/C29H33N7O3/c1-3-33(4-2)17-8-11-25(37)34-18-16-22(19-34)36-28-26(27(30)31-20-32-28)35(29(36)38)21-12-14-24(15-13-21)39-23-9-6-5-7-10-23/h5-15,20,22H,3-4,16-19H2,1-2H3,(H2,30,31,32)/t22-/m0/s1. The Labute approximate surface area is 226 Å². The van der Waals surface area contributed by atoms with E-state index in [2.05, 4.69) is 28.7 Å². The number of nitrogens with two attached hydrogens (primary N) is 1. The summed E-state index contributed by atoms with van der Waals surface area (Å²) in [7, 11) is 0. The maximum atomic E-state index is 13.8. The molecule has 0 aliphatic carbocycles. The van der Waals surface area contributed by atoms with E-state index in [9.17, 15) is 9.59 Å². The number of para-hydroxylation sites is 1. The smallest absolute Gasteiger partial charge is 0.335 e. The van der Waals surface area contributed by atoms with E-state index < -0.39 is 0 Å². The number of nitrogens with zero attached hydrogens (tertiary/aromatic N) is 6. The summed E-state index contributed by atoms with van der Waals surface area (Å²) in [4.78, 5) is 39.3. The Hall–Kier alpha value is -4.44. The van der Waals surface area contributed by atoms with Gasteiger partial charge in [0.2, 0.25) is 5.91 Å². The number of carbonyl (C=O) groups is 1. The monoisotopic (exact) mass is 527 g/mol. The van der Waals surface area contributed by atoms with Crippen molar-refractivity contribution in [2.45, 2.75) is 26.3 Å². The molecular weight excluding hydrogens is 494 g/mol. The highest BCUT2D eigenvalue weighted by atomic mass is 16.5. The Morgan fingerprint density at radius 2 is 1.79 bits per heavy atom. The van der Waals surface area contributed by atoms with E-state index in [1.807, 2.05) is 36.4 Å². The van der Waals surface area contributed by atoms with E-state index in [4.69, 9.17) is 10.5 Å². The molecular formula is C29H33N7O3. The molecule has 1 aliphatic rings. The van der Waals surface area contributed by atoms with E-state index in [1.165, 1.54) is 10.9 Å². The fourth-order valence-electron chi connectivity index (χ4n) is 4.97. The van der Waals surface area contributed by atoms with Gasteiger partial charge in [-0.15, -0.1) is 0 Å². The van der Waals surface area contributed by atoms with Crippen LogP contribution in [0.5, 0.6) is 11.5 Å². The number of benzene rings is 2. The van der Waals surface area contributed by atoms with E-state index in [-0.39, 0.29) is 23.5 Å². The van der Waals surface area contributed by atoms with Crippen LogP contribution in [0.2, 0.25) is 0 Å². The lowest BCUT2D eigenvalue weighted by atomic mass is 10.2. The van der Waals surface area contributed by atoms with Gasteiger partial charge in [-0.1, -0.05) is 38.1 Å². The fourth-order valence-corrected chi connectivity index (χ4v) is 4.97. The molecule has 0 unspecified atom stereocenters. The second-order valence-electron chi connectivity index (χ2n) is 9.44. The average Bonchev–Trinajstić information content (AvgIpc) is 3.55. The Morgan fingerprint density at radius 1 is 1.08 bits per heavy atom. The summed E-state index contributed by atoms with van der Waals surface area (Å²) < 4.78 is 9.08. The van der Waals surface area contributed by atoms with Gasteiger partial charge >= 0.3 is 5.69 Å². The third-order valence-corrected chi connectivity index (χ3v) is 7.11. The van der Waals surface area contributed by atoms with Crippen molar-refractivity contribution in [1.29, 1.82) is 0 Å². The summed E-state index contributed by atoms with van der Waals surface area (Å²) >= 11 is 0. The molecule has 10 nitrogen and oxygen atoms in total. The van der Waals surface area contributed by atoms with Crippen LogP contribution < -0.4 is 16.2 Å². The first-order valence-corrected chi connectivity index (χ1v) is 13.2. The largest absolute Gasteiger partial charge is 0.457 e. The van der Waals surface area contributed by atoms with Gasteiger partial charge in [0.05, 0.1) is 11.7 Å². The Kier molecular flexibility index (Phi) is 7.74. The van der Waals surface area contributed by atoms with Crippen molar-refractivity contribution in [3.8, 4) is 17.2 Å². The van der Waals surface area contributed by atoms with Crippen molar-refractivity contribution in [1.82, 2.24) is 28.9 Å². The highest BCUT2D eigenvalue weighted by Gasteiger charge is 2.31. The van der Waals surface area contributed by atoms with Gasteiger partial charge in [0, 0.05) is 25.7 Å². The molecule has 202 valence electrons. The van der Waals surface area contributed by atoms with Crippen molar-refractivity contribution >= 4 is 22.9 Å². The zero-order chi connectivity index (χ0) is 27.4. The average molecular weight is 528 g/mol. The van der Waals surface area contributed by atoms with Crippen LogP contribution in [0.1, 0.15) is 26.3 Å². The van der Waals surface area contributed by atoms with Crippen LogP contribution in [0.3, 0.4) is 0 Å². The molecule has 1 amide bonds. The number of likely N-dealkylation sites (tertiary alicyclic amines) is 1. The van der Waals surface area contributed by atoms with Crippen LogP contribution >= 0.6 is 0 Å². The summed E-state index contributed by atoms with van der Waals surface area (Å²) in [6.07, 6.45) is 5.54. The molecule has 2 aromatic heterocycles. The SMILES string of the molecule is CCN(CC)CC=CC(=O)N1CC[C@H](n2c(=O)n(-c3ccc(Oc4ccccc4)cc3)c3c(N)ncnc32)C1. The molecule has 4 aromatic rings. The third kappa shape index (κ3) is 5.42. The van der Waals surface area contributed by atoms with Gasteiger partial charge in [0.25, 0.3) is 0 Å². The molecule has 5 rings (SSSR count). The minimum Gasteiger partial charge on any atom is -0.457 e. The summed E-state index contributed by atoms with van der Waals surface area (Å²) in [5, 5.41) is 0. The molecule has 10 heteroatoms. The first-order valence-electron chi connectivity index (χ1n) is 13.2. The lowest BCUT2D eigenvalue weighted by Crippen LogP contribution is -2.31. The predicted octanol–water partition coefficient (Wildman–Crippen LogP) is 3.63. The van der Waals surface area contributed by atoms with Crippen LogP contribution in [0.25, 0.3) is 16.9 Å². The van der Waals surface area contributed by atoms with Crippen molar-refractivity contribution in [3.05, 3.63) is 83.6 Å². The molecule has 0 bridgehead atoms. The molecule has 1 aliphatic heterocycles. The van der Waals surface area contributed by atoms with Gasteiger partial charge in [-0.25, -0.2) is 14.8 Å². The number of fused-ring (bicyclic) bond motifs is 1. The molecule has 0 radical (unpaired) electrons. The van der Waals surface area contributed by atoms with Gasteiger partial charge in [0.15, 0.2) is 11.5 Å². The first-order chi connectivity index (χ1) is 19.0. The zero-order valence-electron chi connectivity index (χ0n) is 22.2. The second kappa shape index (κ2) is 11.5. The number of imidazole rings is 1. The zero-order valence-corrected chi connectivity index (χ0v) is 22.2. The van der Waals surface area contributed by atoms with Gasteiger partial charge in [0.1, 0.15) is 23.3 Å². The van der Waals surface area contributed by atoms with Gasteiger partial charge in [-0.2, -0.15) is 0 Å². The molecule has 3 heterocycles. The van der Waals surface area contributed by atoms with Crippen LogP contribution in [0.15, 0.2) is 77.9 Å². The quantitative estimate of drug-likeness (QED) is 0.331. The predicted molar refractivity (Wildman–Crippen MR) is 151 cm³/mol. The van der Waals surface area contributed by atoms with Gasteiger partial charge in [-0.3, -0.25) is 13.9 Å². The molecule has 1 atom stereocenters. The van der Waals surface area contributed by atoms with E-state index in [1.54, 1.807) is 39.8 Å². The lowest BCUT2D eigenvalue weighted by molar-refractivity contribution is -0.125. The van der Waals surface area contributed by atoms with Crippen LogP contribution in [-0.2, 0) is 4.79 Å². The summed E-state index contributed by atoms with van der Waals surface area (Å²) in [6, 6.07) is 16.5. The Balaban J connectivity index is 1.41. The topological polar surface area (TPSA) is 112 Å². The summed E-state index contributed by atoms with van der Waals surface area (Å²) in [6.45, 7) is 7.77. The highest BCUT2D eigenvalue weighted by Crippen LogP contribution is 2.28. The molecule has 0 spiro atoms. The lowest BCUT2D eigenvalue weighted by Gasteiger charge is -2.16. The maximum absolute atomic E-state index is 13.8. The van der Waals surface area contributed by atoms with Crippen LogP contribution in [0, 0.1) is 0 Å². The van der Waals surface area contributed by atoms with E-state index >= 15 is 0 Å². The van der Waals surface area contributed by atoms with Gasteiger partial charge < -0.3 is 20.3 Å². The maximum Gasteiger partial charge on any atom is 0.335 e. The third-order valence-electron chi connectivity index (χ3n) is 7.11. The number of anilines is 1. The van der Waals surface area contributed by atoms with Crippen LogP contribution in [0.4, 0.5) is 5.82 Å². The number of rotatable bonds is 9. The molecule has 2 N–H and O–H groups in total. The van der Waals surface area contributed by atoms with E-state index in [0.717, 1.165) is 25.4 Å². The number of nitrogen functional groups attached to an aromatic ring is 1. The molecule has 2 aromatic carbocycles. The van der Waals surface area contributed by atoms with Gasteiger partial charge in [-0.05, 0) is 55.9 Å².